The summed E-state index contributed by atoms with van der Waals surface area (Å²) in [6, 6.07) is 14.9. The first kappa shape index (κ1) is 18.7. The fourth-order valence-electron chi connectivity index (χ4n) is 3.34. The number of carbonyl (C=O) groups is 1. The first-order valence-corrected chi connectivity index (χ1v) is 9.79. The van der Waals surface area contributed by atoms with Gasteiger partial charge in [-0.1, -0.05) is 17.3 Å². The number of amides is 1. The first-order valence-electron chi connectivity index (χ1n) is 9.79. The minimum atomic E-state index is -0.277. The van der Waals surface area contributed by atoms with Gasteiger partial charge in [0.15, 0.2) is 11.2 Å². The molecule has 0 bridgehead atoms. The monoisotopic (exact) mass is 414 g/mol. The molecular formula is C22H18N6O3. The molecule has 5 rings (SSSR count). The van der Waals surface area contributed by atoms with Gasteiger partial charge in [-0.15, -0.1) is 5.10 Å². The molecule has 0 aliphatic heterocycles. The molecule has 4 heterocycles. The zero-order valence-corrected chi connectivity index (χ0v) is 16.6. The molecule has 0 unspecified atom stereocenters. The van der Waals surface area contributed by atoms with E-state index in [0.717, 1.165) is 16.5 Å². The number of aromatic nitrogens is 5. The number of pyridine rings is 2. The molecule has 0 saturated heterocycles. The number of fused-ring (bicyclic) bond motifs is 2. The van der Waals surface area contributed by atoms with Crippen LogP contribution in [0.1, 0.15) is 12.6 Å². The number of anilines is 1. The van der Waals surface area contributed by atoms with Crippen LogP contribution in [-0.4, -0.2) is 37.3 Å². The molecule has 0 spiro atoms. The van der Waals surface area contributed by atoms with Gasteiger partial charge in [-0.2, -0.15) is 4.98 Å². The van der Waals surface area contributed by atoms with Crippen molar-refractivity contribution in [2.45, 2.75) is 13.3 Å². The van der Waals surface area contributed by atoms with Crippen molar-refractivity contribution in [3.05, 3.63) is 66.6 Å². The van der Waals surface area contributed by atoms with E-state index in [-0.39, 0.29) is 18.3 Å². The third kappa shape index (κ3) is 3.68. The summed E-state index contributed by atoms with van der Waals surface area (Å²) < 4.78 is 12.5. The number of nitrogens with one attached hydrogen (secondary N) is 1. The van der Waals surface area contributed by atoms with E-state index in [9.17, 15) is 4.79 Å². The smallest absolute Gasteiger partial charge is 0.249 e. The predicted octanol–water partition coefficient (Wildman–Crippen LogP) is 3.51. The van der Waals surface area contributed by atoms with E-state index in [1.54, 1.807) is 10.7 Å². The Hall–Kier alpha value is -4.27. The van der Waals surface area contributed by atoms with E-state index in [1.807, 2.05) is 61.7 Å². The fourth-order valence-corrected chi connectivity index (χ4v) is 3.34. The van der Waals surface area contributed by atoms with E-state index < -0.39 is 0 Å². The quantitative estimate of drug-likeness (QED) is 0.453. The van der Waals surface area contributed by atoms with Crippen LogP contribution in [0.25, 0.3) is 27.7 Å². The zero-order valence-electron chi connectivity index (χ0n) is 16.6. The number of nitrogens with zero attached hydrogens (tertiary/aromatic N) is 5. The zero-order chi connectivity index (χ0) is 21.2. The van der Waals surface area contributed by atoms with E-state index in [0.29, 0.717) is 29.4 Å². The summed E-state index contributed by atoms with van der Waals surface area (Å²) in [5, 5.41) is 11.9. The van der Waals surface area contributed by atoms with Crippen molar-refractivity contribution >= 4 is 28.5 Å². The highest BCUT2D eigenvalue weighted by Crippen LogP contribution is 2.28. The molecule has 0 saturated carbocycles. The van der Waals surface area contributed by atoms with Gasteiger partial charge >= 0.3 is 0 Å². The van der Waals surface area contributed by atoms with E-state index in [4.69, 9.17) is 9.26 Å². The van der Waals surface area contributed by atoms with Gasteiger partial charge in [-0.3, -0.25) is 10.1 Å². The lowest BCUT2D eigenvalue weighted by molar-refractivity contribution is -0.115. The number of para-hydroxylation sites is 1. The van der Waals surface area contributed by atoms with Crippen molar-refractivity contribution in [2.24, 2.45) is 0 Å². The van der Waals surface area contributed by atoms with Gasteiger partial charge < -0.3 is 9.26 Å². The van der Waals surface area contributed by atoms with Gasteiger partial charge in [-0.05, 0) is 43.3 Å². The van der Waals surface area contributed by atoms with Crippen molar-refractivity contribution in [3.63, 3.8) is 0 Å². The Morgan fingerprint density at radius 3 is 2.97 bits per heavy atom. The van der Waals surface area contributed by atoms with Crippen LogP contribution in [0.2, 0.25) is 0 Å². The van der Waals surface area contributed by atoms with Crippen molar-refractivity contribution in [1.29, 1.82) is 0 Å². The maximum atomic E-state index is 12.5. The van der Waals surface area contributed by atoms with Gasteiger partial charge in [0.1, 0.15) is 5.69 Å². The molecular weight excluding hydrogens is 396 g/mol. The topological polar surface area (TPSA) is 107 Å². The summed E-state index contributed by atoms with van der Waals surface area (Å²) in [4.78, 5) is 21.2. The van der Waals surface area contributed by atoms with Crippen molar-refractivity contribution < 1.29 is 14.1 Å². The van der Waals surface area contributed by atoms with Gasteiger partial charge in [0.05, 0.1) is 13.0 Å². The molecule has 0 radical (unpaired) electrons. The third-order valence-corrected chi connectivity index (χ3v) is 4.73. The van der Waals surface area contributed by atoms with Gasteiger partial charge in [0, 0.05) is 28.9 Å². The molecule has 0 aliphatic carbocycles. The lowest BCUT2D eigenvalue weighted by Crippen LogP contribution is -2.15. The van der Waals surface area contributed by atoms with E-state index in [1.165, 1.54) is 0 Å². The number of ether oxygens (including phenoxy) is 1. The Labute approximate surface area is 176 Å². The van der Waals surface area contributed by atoms with Crippen LogP contribution in [0.3, 0.4) is 0 Å². The second-order valence-electron chi connectivity index (χ2n) is 6.80. The molecule has 9 heteroatoms. The fraction of sp³-hybridized carbons (Fsp3) is 0.136. The van der Waals surface area contributed by atoms with Gasteiger partial charge in [0.2, 0.25) is 17.7 Å². The van der Waals surface area contributed by atoms with Crippen LogP contribution in [-0.2, 0) is 11.2 Å². The van der Waals surface area contributed by atoms with Crippen LogP contribution in [0.4, 0.5) is 5.95 Å². The van der Waals surface area contributed by atoms with E-state index >= 15 is 0 Å². The highest BCUT2D eigenvalue weighted by Gasteiger charge is 2.15. The van der Waals surface area contributed by atoms with Crippen LogP contribution >= 0.6 is 0 Å². The molecule has 0 aliphatic rings. The summed E-state index contributed by atoms with van der Waals surface area (Å²) in [6.45, 7) is 2.43. The third-order valence-electron chi connectivity index (χ3n) is 4.73. The number of hydrogen-bond acceptors (Lipinski definition) is 7. The number of rotatable bonds is 6. The molecule has 31 heavy (non-hydrogen) atoms. The maximum Gasteiger partial charge on any atom is 0.249 e. The number of hydrogen-bond donors (Lipinski definition) is 1. The van der Waals surface area contributed by atoms with Crippen LogP contribution in [0.15, 0.2) is 65.4 Å². The van der Waals surface area contributed by atoms with E-state index in [2.05, 4.69) is 25.5 Å². The summed E-state index contributed by atoms with van der Waals surface area (Å²) in [5.74, 6) is 0.491. The van der Waals surface area contributed by atoms with Gasteiger partial charge in [0.25, 0.3) is 0 Å². The number of benzene rings is 1. The normalized spacial score (nSPS) is 11.1. The Morgan fingerprint density at radius 1 is 1.16 bits per heavy atom. The SMILES string of the molecule is CCOc1ncccc1-c1ccc2nc(NC(=O)Cc3noc4ccccc34)nn2c1. The molecule has 1 aromatic carbocycles. The van der Waals surface area contributed by atoms with Crippen molar-refractivity contribution in [3.8, 4) is 17.0 Å². The van der Waals surface area contributed by atoms with Crippen molar-refractivity contribution in [1.82, 2.24) is 24.7 Å². The molecule has 5 aromatic rings. The molecule has 4 aromatic heterocycles. The second-order valence-corrected chi connectivity index (χ2v) is 6.80. The summed E-state index contributed by atoms with van der Waals surface area (Å²) in [6.07, 6.45) is 3.57. The highest BCUT2D eigenvalue weighted by atomic mass is 16.5. The molecule has 9 nitrogen and oxygen atoms in total. The first-order chi connectivity index (χ1) is 15.2. The summed E-state index contributed by atoms with van der Waals surface area (Å²) in [5.41, 5.74) is 3.55. The standard InChI is InChI=1S/C22H18N6O3/c1-2-30-21-15(7-5-11-23-21)14-9-10-19-24-22(26-28(19)13-14)25-20(29)12-17-16-6-3-4-8-18(16)31-27-17/h3-11,13H,2,12H2,1H3,(H,25,26,29). The Morgan fingerprint density at radius 2 is 2.06 bits per heavy atom. The molecule has 0 atom stereocenters. The van der Waals surface area contributed by atoms with Crippen LogP contribution in [0.5, 0.6) is 5.88 Å². The molecule has 0 fully saturated rings. The average molecular weight is 414 g/mol. The Bertz CT molecular complexity index is 1390. The number of carbonyl (C=O) groups excluding carboxylic acids is 1. The Balaban J connectivity index is 1.37. The van der Waals surface area contributed by atoms with Gasteiger partial charge in [-0.25, -0.2) is 9.50 Å². The summed E-state index contributed by atoms with van der Waals surface area (Å²) in [7, 11) is 0. The Kier molecular flexibility index (Phi) is 4.75. The summed E-state index contributed by atoms with van der Waals surface area (Å²) >= 11 is 0. The second kappa shape index (κ2) is 7.86. The van der Waals surface area contributed by atoms with Crippen LogP contribution in [0, 0.1) is 0 Å². The lowest BCUT2D eigenvalue weighted by atomic mass is 10.1. The minimum absolute atomic E-state index is 0.0607. The highest BCUT2D eigenvalue weighted by molar-refractivity contribution is 5.93. The average Bonchev–Trinajstić information content (AvgIpc) is 3.37. The molecule has 1 N–H and O–H groups in total. The largest absolute Gasteiger partial charge is 0.478 e. The maximum absolute atomic E-state index is 12.5. The minimum Gasteiger partial charge on any atom is -0.478 e. The molecule has 154 valence electrons. The van der Waals surface area contributed by atoms with Crippen molar-refractivity contribution in [2.75, 3.05) is 11.9 Å². The lowest BCUT2D eigenvalue weighted by Gasteiger charge is -2.08. The van der Waals surface area contributed by atoms with Crippen LogP contribution < -0.4 is 10.1 Å². The molecule has 1 amide bonds. The predicted molar refractivity (Wildman–Crippen MR) is 114 cm³/mol.